The van der Waals surface area contributed by atoms with Gasteiger partial charge in [0.05, 0.1) is 9.79 Å². The van der Waals surface area contributed by atoms with Crippen molar-refractivity contribution >= 4 is 54.2 Å². The minimum atomic E-state index is -4.04. The molecule has 0 aromatic heterocycles. The van der Waals surface area contributed by atoms with Crippen LogP contribution >= 0.6 is 22.6 Å². The first-order valence-electron chi connectivity index (χ1n) is 10.4. The molecule has 1 N–H and O–H groups in total. The Morgan fingerprint density at radius 1 is 0.765 bits per heavy atom. The molecular formula is C23H22IN3O5S2. The summed E-state index contributed by atoms with van der Waals surface area (Å²) in [5.74, 6) is -0.603. The van der Waals surface area contributed by atoms with Gasteiger partial charge in [0, 0.05) is 28.9 Å². The molecule has 0 unspecified atom stereocenters. The van der Waals surface area contributed by atoms with E-state index in [1.54, 1.807) is 48.5 Å². The summed E-state index contributed by atoms with van der Waals surface area (Å²) in [6.45, 7) is -0.538. The second-order valence-electron chi connectivity index (χ2n) is 7.62. The molecule has 1 saturated heterocycles. The third-order valence-corrected chi connectivity index (χ3v) is 9.96. The Hall–Kier alpha value is -2.32. The van der Waals surface area contributed by atoms with E-state index < -0.39 is 32.0 Å². The van der Waals surface area contributed by atoms with Gasteiger partial charge in [0.25, 0.3) is 0 Å². The van der Waals surface area contributed by atoms with Gasteiger partial charge in [-0.15, -0.1) is 0 Å². The Balaban J connectivity index is 1.68. The summed E-state index contributed by atoms with van der Waals surface area (Å²) >= 11 is 2.14. The molecular weight excluding hydrogens is 589 g/mol. The molecule has 1 aliphatic heterocycles. The lowest BCUT2D eigenvalue weighted by Crippen LogP contribution is -2.60. The monoisotopic (exact) mass is 611 g/mol. The number of nitrogens with one attached hydrogen (secondary N) is 1. The number of sulfonamides is 2. The average molecular weight is 611 g/mol. The summed E-state index contributed by atoms with van der Waals surface area (Å²) in [6.07, 6.45) is 0. The molecule has 8 nitrogen and oxygen atoms in total. The zero-order chi connectivity index (χ0) is 24.3. The van der Waals surface area contributed by atoms with Crippen LogP contribution in [0.3, 0.4) is 0 Å². The fourth-order valence-corrected chi connectivity index (χ4v) is 7.10. The highest BCUT2D eigenvalue weighted by atomic mass is 127. The quantitative estimate of drug-likeness (QED) is 0.432. The van der Waals surface area contributed by atoms with Gasteiger partial charge in [-0.1, -0.05) is 36.4 Å². The molecule has 4 rings (SSSR count). The molecule has 1 heterocycles. The normalized spacial score (nSPS) is 17.9. The zero-order valence-corrected chi connectivity index (χ0v) is 21.7. The Morgan fingerprint density at radius 3 is 1.85 bits per heavy atom. The van der Waals surface area contributed by atoms with Crippen LogP contribution in [-0.4, -0.2) is 57.0 Å². The highest BCUT2D eigenvalue weighted by Gasteiger charge is 2.43. The van der Waals surface area contributed by atoms with Crippen LogP contribution in [0.25, 0.3) is 0 Å². The van der Waals surface area contributed by atoms with Crippen LogP contribution < -0.4 is 5.32 Å². The van der Waals surface area contributed by atoms with E-state index in [2.05, 4.69) is 27.9 Å². The van der Waals surface area contributed by atoms with Crippen molar-refractivity contribution in [1.82, 2.24) is 8.61 Å². The molecule has 1 amide bonds. The lowest BCUT2D eigenvalue weighted by atomic mass is 10.2. The van der Waals surface area contributed by atoms with Crippen LogP contribution in [0.4, 0.5) is 5.69 Å². The topological polar surface area (TPSA) is 104 Å². The van der Waals surface area contributed by atoms with E-state index in [4.69, 9.17) is 0 Å². The largest absolute Gasteiger partial charge is 0.325 e. The van der Waals surface area contributed by atoms with Crippen molar-refractivity contribution in [3.05, 3.63) is 88.5 Å². The van der Waals surface area contributed by atoms with Gasteiger partial charge in [0.15, 0.2) is 0 Å². The number of anilines is 1. The third-order valence-electron chi connectivity index (χ3n) is 5.44. The summed E-state index contributed by atoms with van der Waals surface area (Å²) in [6, 6.07) is 21.5. The first-order chi connectivity index (χ1) is 16.2. The molecule has 1 fully saturated rings. The maximum Gasteiger partial charge on any atom is 0.244 e. The standard InChI is InChI=1S/C23H22IN3O5S2/c24-18-11-13-19(14-12-18)25-23(28)22-17-26(33(29,30)20-7-3-1-4-8-20)15-16-27(22)34(31,32)21-9-5-2-6-10-21/h1-14,22H,15-17H2,(H,25,28)/t22-/m1/s1. The summed E-state index contributed by atoms with van der Waals surface area (Å²) in [5, 5.41) is 2.73. The molecule has 178 valence electrons. The summed E-state index contributed by atoms with van der Waals surface area (Å²) in [7, 11) is -7.95. The maximum absolute atomic E-state index is 13.4. The Morgan fingerprint density at radius 2 is 1.29 bits per heavy atom. The van der Waals surface area contributed by atoms with Crippen molar-refractivity contribution in [3.63, 3.8) is 0 Å². The van der Waals surface area contributed by atoms with Gasteiger partial charge in [-0.05, 0) is 71.1 Å². The number of carbonyl (C=O) groups is 1. The van der Waals surface area contributed by atoms with Crippen LogP contribution in [-0.2, 0) is 24.8 Å². The lowest BCUT2D eigenvalue weighted by molar-refractivity contribution is -0.120. The first kappa shape index (κ1) is 24.8. The number of rotatable bonds is 6. The van der Waals surface area contributed by atoms with Crippen molar-refractivity contribution in [3.8, 4) is 0 Å². The third kappa shape index (κ3) is 5.18. The van der Waals surface area contributed by atoms with E-state index in [1.165, 1.54) is 24.3 Å². The number of benzene rings is 3. The molecule has 3 aromatic carbocycles. The zero-order valence-electron chi connectivity index (χ0n) is 17.9. The molecule has 11 heteroatoms. The van der Waals surface area contributed by atoms with Crippen molar-refractivity contribution in [2.75, 3.05) is 25.0 Å². The van der Waals surface area contributed by atoms with E-state index in [-0.39, 0.29) is 29.4 Å². The Bertz CT molecular complexity index is 1370. The van der Waals surface area contributed by atoms with Gasteiger partial charge in [0.1, 0.15) is 6.04 Å². The van der Waals surface area contributed by atoms with Gasteiger partial charge in [0.2, 0.25) is 26.0 Å². The van der Waals surface area contributed by atoms with Crippen molar-refractivity contribution in [2.45, 2.75) is 15.8 Å². The molecule has 1 atom stereocenters. The van der Waals surface area contributed by atoms with Crippen LogP contribution in [0.15, 0.2) is 94.7 Å². The maximum atomic E-state index is 13.4. The molecule has 0 aliphatic carbocycles. The summed E-state index contributed by atoms with van der Waals surface area (Å²) in [4.78, 5) is 13.4. The predicted octanol–water partition coefficient (Wildman–Crippen LogP) is 2.99. The Kier molecular flexibility index (Phi) is 7.38. The lowest BCUT2D eigenvalue weighted by Gasteiger charge is -2.38. The van der Waals surface area contributed by atoms with Gasteiger partial charge in [-0.3, -0.25) is 4.79 Å². The van der Waals surface area contributed by atoms with Gasteiger partial charge >= 0.3 is 0 Å². The van der Waals surface area contributed by atoms with Crippen LogP contribution in [0.1, 0.15) is 0 Å². The van der Waals surface area contributed by atoms with E-state index in [9.17, 15) is 21.6 Å². The minimum absolute atomic E-state index is 0.0430. The predicted molar refractivity (Wildman–Crippen MR) is 137 cm³/mol. The minimum Gasteiger partial charge on any atom is -0.325 e. The van der Waals surface area contributed by atoms with Crippen LogP contribution in [0.5, 0.6) is 0 Å². The SMILES string of the molecule is O=C(Nc1ccc(I)cc1)[C@H]1CN(S(=O)(=O)c2ccccc2)CCN1S(=O)(=O)c1ccccc1. The smallest absolute Gasteiger partial charge is 0.244 e. The second-order valence-corrected chi connectivity index (χ2v) is 12.7. The van der Waals surface area contributed by atoms with Gasteiger partial charge < -0.3 is 5.32 Å². The van der Waals surface area contributed by atoms with Crippen molar-refractivity contribution in [2.24, 2.45) is 0 Å². The van der Waals surface area contributed by atoms with Crippen LogP contribution in [0, 0.1) is 3.57 Å². The molecule has 3 aromatic rings. The highest BCUT2D eigenvalue weighted by Crippen LogP contribution is 2.26. The summed E-state index contributed by atoms with van der Waals surface area (Å²) < 4.78 is 56.4. The number of hydrogen-bond acceptors (Lipinski definition) is 5. The first-order valence-corrected chi connectivity index (χ1v) is 14.3. The number of halogens is 1. The second kappa shape index (κ2) is 10.1. The van der Waals surface area contributed by atoms with Crippen molar-refractivity contribution in [1.29, 1.82) is 0 Å². The molecule has 34 heavy (non-hydrogen) atoms. The van der Waals surface area contributed by atoms with E-state index in [1.807, 2.05) is 12.1 Å². The number of carbonyl (C=O) groups excluding carboxylic acids is 1. The number of piperazine rings is 1. The molecule has 0 bridgehead atoms. The number of amides is 1. The molecule has 1 aliphatic rings. The molecule has 0 radical (unpaired) electrons. The van der Waals surface area contributed by atoms with Gasteiger partial charge in [-0.2, -0.15) is 8.61 Å². The highest BCUT2D eigenvalue weighted by molar-refractivity contribution is 14.1. The fraction of sp³-hybridized carbons (Fsp3) is 0.174. The number of nitrogens with zero attached hydrogens (tertiary/aromatic N) is 2. The van der Waals surface area contributed by atoms with Gasteiger partial charge in [-0.25, -0.2) is 16.8 Å². The average Bonchev–Trinajstić information content (AvgIpc) is 2.86. The molecule has 0 spiro atoms. The van der Waals surface area contributed by atoms with E-state index >= 15 is 0 Å². The van der Waals surface area contributed by atoms with Crippen molar-refractivity contribution < 1.29 is 21.6 Å². The fourth-order valence-electron chi connectivity index (χ4n) is 3.69. The number of hydrogen-bond donors (Lipinski definition) is 1. The molecule has 0 saturated carbocycles. The summed E-state index contributed by atoms with van der Waals surface area (Å²) in [5.41, 5.74) is 0.491. The van der Waals surface area contributed by atoms with E-state index in [0.717, 1.165) is 12.2 Å². The van der Waals surface area contributed by atoms with E-state index in [0.29, 0.717) is 5.69 Å². The Labute approximate surface area is 212 Å². The van der Waals surface area contributed by atoms with Crippen LogP contribution in [0.2, 0.25) is 0 Å².